The lowest BCUT2D eigenvalue weighted by Gasteiger charge is -2.37. The smallest absolute Gasteiger partial charge is 0.318 e. The first-order valence-electron chi connectivity index (χ1n) is 7.44. The maximum Gasteiger partial charge on any atom is 0.318 e. The number of carbonyl (C=O) groups excluding carboxylic acids is 1. The lowest BCUT2D eigenvalue weighted by Crippen LogP contribution is -2.48. The van der Waals surface area contributed by atoms with E-state index in [1.807, 2.05) is 36.9 Å². The molecule has 1 aliphatic rings. The number of amides is 2. The summed E-state index contributed by atoms with van der Waals surface area (Å²) in [6.45, 7) is 5.54. The minimum atomic E-state index is -0.0197. The summed E-state index contributed by atoms with van der Waals surface area (Å²) in [7, 11) is 0. The van der Waals surface area contributed by atoms with Crippen molar-refractivity contribution < 1.29 is 4.79 Å². The normalized spacial score (nSPS) is 17.7. The first-order chi connectivity index (χ1) is 10.2. The highest BCUT2D eigenvalue weighted by molar-refractivity contribution is 5.75. The van der Waals surface area contributed by atoms with Crippen LogP contribution in [0, 0.1) is 0 Å². The molecule has 0 spiro atoms. The Morgan fingerprint density at radius 1 is 1.14 bits per heavy atom. The molecule has 2 heterocycles. The van der Waals surface area contributed by atoms with Gasteiger partial charge in [0.15, 0.2) is 0 Å². The average Bonchev–Trinajstić information content (AvgIpc) is 2.94. The van der Waals surface area contributed by atoms with Crippen LogP contribution < -0.4 is 5.32 Å². The average molecular weight is 283 g/mol. The lowest BCUT2D eigenvalue weighted by atomic mass is 10.0. The van der Waals surface area contributed by atoms with Crippen LogP contribution in [0.25, 0.3) is 0 Å². The number of urea groups is 1. The number of hydrogen-bond donors (Lipinski definition) is 1. The van der Waals surface area contributed by atoms with Crippen molar-refractivity contribution >= 4 is 6.03 Å². The second kappa shape index (κ2) is 5.64. The highest BCUT2D eigenvalue weighted by Crippen LogP contribution is 2.32. The van der Waals surface area contributed by atoms with Gasteiger partial charge in [-0.05, 0) is 31.5 Å². The first kappa shape index (κ1) is 13.7. The van der Waals surface area contributed by atoms with Gasteiger partial charge >= 0.3 is 6.03 Å². The largest absolute Gasteiger partial charge is 0.348 e. The van der Waals surface area contributed by atoms with Gasteiger partial charge in [0.05, 0.1) is 6.04 Å². The van der Waals surface area contributed by atoms with E-state index in [0.29, 0.717) is 0 Å². The van der Waals surface area contributed by atoms with Gasteiger partial charge in [-0.3, -0.25) is 0 Å². The SMILES string of the molecule is CC(C)NC(=O)N1CCn2cccc2[C@H]1c1ccccc1. The number of nitrogens with one attached hydrogen (secondary N) is 1. The minimum Gasteiger partial charge on any atom is -0.348 e. The summed E-state index contributed by atoms with van der Waals surface area (Å²) in [6, 6.07) is 14.5. The standard InChI is InChI=1S/C17H21N3O/c1-13(2)18-17(21)20-12-11-19-10-6-9-15(19)16(20)14-7-4-3-5-8-14/h3-10,13,16H,11-12H2,1-2H3,(H,18,21)/t16-/m1/s1. The Hall–Kier alpha value is -2.23. The van der Waals surface area contributed by atoms with E-state index in [1.165, 1.54) is 5.69 Å². The van der Waals surface area contributed by atoms with Gasteiger partial charge in [0.1, 0.15) is 0 Å². The third kappa shape index (κ3) is 2.66. The third-order valence-corrected chi connectivity index (χ3v) is 3.83. The van der Waals surface area contributed by atoms with E-state index >= 15 is 0 Å². The van der Waals surface area contributed by atoms with E-state index in [2.05, 4.69) is 40.3 Å². The second-order valence-electron chi connectivity index (χ2n) is 5.74. The quantitative estimate of drug-likeness (QED) is 0.904. The molecular weight excluding hydrogens is 262 g/mol. The summed E-state index contributed by atoms with van der Waals surface area (Å²) in [5.74, 6) is 0. The number of rotatable bonds is 2. The molecule has 21 heavy (non-hydrogen) atoms. The first-order valence-corrected chi connectivity index (χ1v) is 7.44. The van der Waals surface area contributed by atoms with Crippen molar-refractivity contribution in [3.63, 3.8) is 0 Å². The van der Waals surface area contributed by atoms with Gasteiger partial charge in [0.25, 0.3) is 0 Å². The Bertz CT molecular complexity index is 618. The predicted octanol–water partition coefficient (Wildman–Crippen LogP) is 3.01. The zero-order chi connectivity index (χ0) is 14.8. The molecule has 4 heteroatoms. The highest BCUT2D eigenvalue weighted by atomic mass is 16.2. The Balaban J connectivity index is 1.98. The summed E-state index contributed by atoms with van der Waals surface area (Å²) in [4.78, 5) is 14.5. The van der Waals surface area contributed by atoms with Crippen LogP contribution in [0.4, 0.5) is 4.79 Å². The van der Waals surface area contributed by atoms with Crippen molar-refractivity contribution in [2.24, 2.45) is 0 Å². The molecule has 3 rings (SSSR count). The van der Waals surface area contributed by atoms with Crippen LogP contribution in [0.15, 0.2) is 48.7 Å². The maximum atomic E-state index is 12.5. The van der Waals surface area contributed by atoms with E-state index in [1.54, 1.807) is 0 Å². The van der Waals surface area contributed by atoms with E-state index < -0.39 is 0 Å². The monoisotopic (exact) mass is 283 g/mol. The van der Waals surface area contributed by atoms with Crippen LogP contribution >= 0.6 is 0 Å². The minimum absolute atomic E-state index is 0.00584. The predicted molar refractivity (Wildman–Crippen MR) is 83.1 cm³/mol. The van der Waals surface area contributed by atoms with Crippen LogP contribution in [-0.2, 0) is 6.54 Å². The van der Waals surface area contributed by atoms with E-state index in [4.69, 9.17) is 0 Å². The fraction of sp³-hybridized carbons (Fsp3) is 0.353. The number of nitrogens with zero attached hydrogens (tertiary/aromatic N) is 2. The number of aromatic nitrogens is 1. The summed E-state index contributed by atoms with van der Waals surface area (Å²) < 4.78 is 2.23. The lowest BCUT2D eigenvalue weighted by molar-refractivity contribution is 0.166. The molecule has 0 bridgehead atoms. The van der Waals surface area contributed by atoms with Crippen LogP contribution in [0.3, 0.4) is 0 Å². The summed E-state index contributed by atoms with van der Waals surface area (Å²) in [6.07, 6.45) is 2.09. The molecule has 1 N–H and O–H groups in total. The van der Waals surface area contributed by atoms with E-state index in [9.17, 15) is 4.79 Å². The van der Waals surface area contributed by atoms with Gasteiger partial charge in [0, 0.05) is 31.0 Å². The molecular formula is C17H21N3O. The van der Waals surface area contributed by atoms with Gasteiger partial charge in [0.2, 0.25) is 0 Å². The molecule has 4 nitrogen and oxygen atoms in total. The van der Waals surface area contributed by atoms with Crippen molar-refractivity contribution in [1.29, 1.82) is 0 Å². The Morgan fingerprint density at radius 2 is 1.90 bits per heavy atom. The summed E-state index contributed by atoms with van der Waals surface area (Å²) in [5.41, 5.74) is 2.32. The second-order valence-corrected chi connectivity index (χ2v) is 5.74. The van der Waals surface area contributed by atoms with Crippen LogP contribution in [-0.4, -0.2) is 28.1 Å². The van der Waals surface area contributed by atoms with E-state index in [0.717, 1.165) is 18.7 Å². The number of benzene rings is 1. The van der Waals surface area contributed by atoms with Crippen molar-refractivity contribution in [3.05, 3.63) is 59.9 Å². The topological polar surface area (TPSA) is 37.3 Å². The molecule has 110 valence electrons. The molecule has 0 unspecified atom stereocenters. The fourth-order valence-corrected chi connectivity index (χ4v) is 2.92. The molecule has 2 aromatic rings. The van der Waals surface area contributed by atoms with Crippen LogP contribution in [0.5, 0.6) is 0 Å². The fourth-order valence-electron chi connectivity index (χ4n) is 2.92. The highest BCUT2D eigenvalue weighted by Gasteiger charge is 2.32. The molecule has 0 saturated heterocycles. The molecule has 1 aromatic heterocycles. The number of fused-ring (bicyclic) bond motifs is 1. The third-order valence-electron chi connectivity index (χ3n) is 3.83. The molecule has 1 aliphatic heterocycles. The van der Waals surface area contributed by atoms with Crippen molar-refractivity contribution in [2.45, 2.75) is 32.5 Å². The molecule has 0 saturated carbocycles. The number of carbonyl (C=O) groups is 1. The Labute approximate surface area is 125 Å². The molecule has 0 radical (unpaired) electrons. The molecule has 2 amide bonds. The van der Waals surface area contributed by atoms with Crippen molar-refractivity contribution in [1.82, 2.24) is 14.8 Å². The van der Waals surface area contributed by atoms with Crippen molar-refractivity contribution in [2.75, 3.05) is 6.54 Å². The van der Waals surface area contributed by atoms with Gasteiger partial charge < -0.3 is 14.8 Å². The van der Waals surface area contributed by atoms with Gasteiger partial charge in [-0.2, -0.15) is 0 Å². The molecule has 1 atom stereocenters. The zero-order valence-electron chi connectivity index (χ0n) is 12.5. The summed E-state index contributed by atoms with van der Waals surface area (Å²) in [5, 5.41) is 3.01. The molecule has 0 aliphatic carbocycles. The number of hydrogen-bond acceptors (Lipinski definition) is 1. The van der Waals surface area contributed by atoms with Crippen LogP contribution in [0.1, 0.15) is 31.1 Å². The van der Waals surface area contributed by atoms with Gasteiger partial charge in [-0.25, -0.2) is 4.79 Å². The Kier molecular flexibility index (Phi) is 3.69. The van der Waals surface area contributed by atoms with Crippen molar-refractivity contribution in [3.8, 4) is 0 Å². The summed E-state index contributed by atoms with van der Waals surface area (Å²) >= 11 is 0. The van der Waals surface area contributed by atoms with Gasteiger partial charge in [-0.15, -0.1) is 0 Å². The zero-order valence-corrected chi connectivity index (χ0v) is 12.5. The van der Waals surface area contributed by atoms with Crippen LogP contribution in [0.2, 0.25) is 0 Å². The Morgan fingerprint density at radius 3 is 2.62 bits per heavy atom. The van der Waals surface area contributed by atoms with E-state index in [-0.39, 0.29) is 18.1 Å². The van der Waals surface area contributed by atoms with Gasteiger partial charge in [-0.1, -0.05) is 30.3 Å². The molecule has 1 aromatic carbocycles. The maximum absolute atomic E-state index is 12.5. The molecule has 0 fully saturated rings.